The minimum atomic E-state index is -0.261. The maximum atomic E-state index is 12.0. The van der Waals surface area contributed by atoms with Crippen LogP contribution in [0.4, 0.5) is 0 Å². The van der Waals surface area contributed by atoms with E-state index in [4.69, 9.17) is 4.74 Å². The Labute approximate surface area is 188 Å². The lowest BCUT2D eigenvalue weighted by molar-refractivity contribution is 0.0694. The Balaban J connectivity index is 0.00000300. The van der Waals surface area contributed by atoms with Crippen LogP contribution in [-0.2, 0) is 0 Å². The molecule has 0 radical (unpaired) electrons. The summed E-state index contributed by atoms with van der Waals surface area (Å²) in [7, 11) is 1.74. The average molecular weight is 509 g/mol. The number of hydrogen-bond donors (Lipinski definition) is 3. The molecule has 156 valence electrons. The topological polar surface area (TPSA) is 87.6 Å². The molecule has 0 fully saturated rings. The summed E-state index contributed by atoms with van der Waals surface area (Å²) in [5.74, 6) is 1.45. The summed E-state index contributed by atoms with van der Waals surface area (Å²) in [6.45, 7) is 5.20. The van der Waals surface area contributed by atoms with Crippen molar-refractivity contribution in [2.24, 2.45) is 4.99 Å². The van der Waals surface area contributed by atoms with Crippen LogP contribution < -0.4 is 20.7 Å². The van der Waals surface area contributed by atoms with Crippen LogP contribution in [0, 0.1) is 0 Å². The van der Waals surface area contributed by atoms with Gasteiger partial charge in [0.2, 0.25) is 0 Å². The van der Waals surface area contributed by atoms with Crippen molar-refractivity contribution in [2.45, 2.75) is 31.9 Å². The van der Waals surface area contributed by atoms with Crippen LogP contribution in [-0.4, -0.2) is 42.6 Å². The molecule has 0 aliphatic carbocycles. The number of pyridine rings is 1. The molecule has 0 saturated carbocycles. The average Bonchev–Trinajstić information content (AvgIpc) is 2.69. The summed E-state index contributed by atoms with van der Waals surface area (Å²) in [6.07, 6.45) is 4.01. The first-order chi connectivity index (χ1) is 13.5. The predicted molar refractivity (Wildman–Crippen MR) is 125 cm³/mol. The molecule has 2 aromatic rings. The van der Waals surface area contributed by atoms with Gasteiger partial charge in [0.05, 0.1) is 11.6 Å². The van der Waals surface area contributed by atoms with Gasteiger partial charge < -0.3 is 20.7 Å². The van der Waals surface area contributed by atoms with Crippen molar-refractivity contribution in [3.8, 4) is 5.75 Å². The predicted octanol–water partition coefficient (Wildman–Crippen LogP) is 2.90. The lowest BCUT2D eigenvalue weighted by Gasteiger charge is -2.38. The number of halogens is 1. The molecule has 3 rings (SSSR count). The van der Waals surface area contributed by atoms with Crippen LogP contribution in [0.25, 0.3) is 0 Å². The van der Waals surface area contributed by atoms with Gasteiger partial charge in [0, 0.05) is 44.5 Å². The van der Waals surface area contributed by atoms with Crippen LogP contribution in [0.15, 0.2) is 53.8 Å². The largest absolute Gasteiger partial charge is 0.487 e. The maximum Gasteiger partial charge on any atom is 0.252 e. The maximum absolute atomic E-state index is 12.0. The fourth-order valence-corrected chi connectivity index (χ4v) is 3.25. The molecular weight excluding hydrogens is 481 g/mol. The first kappa shape index (κ1) is 22.9. The van der Waals surface area contributed by atoms with Crippen molar-refractivity contribution in [1.29, 1.82) is 0 Å². The van der Waals surface area contributed by atoms with Gasteiger partial charge in [-0.25, -0.2) is 0 Å². The molecule has 3 N–H and O–H groups in total. The standard InChI is InChI=1S/C21H27N5O2.HI/c1-21(2)13-17(16-8-4-5-9-18(16)28-21)26-20(22-3)25-12-11-24-19(27)15-7-6-10-23-14-15;/h4-10,14,17H,11-13H2,1-3H3,(H,24,27)(H2,22,25,26);1H. The van der Waals surface area contributed by atoms with Gasteiger partial charge >= 0.3 is 0 Å². The minimum Gasteiger partial charge on any atom is -0.487 e. The summed E-state index contributed by atoms with van der Waals surface area (Å²) in [5, 5.41) is 9.59. The summed E-state index contributed by atoms with van der Waals surface area (Å²) in [5.41, 5.74) is 1.41. The number of nitrogens with zero attached hydrogens (tertiary/aromatic N) is 2. The van der Waals surface area contributed by atoms with Crippen LogP contribution in [0.2, 0.25) is 0 Å². The number of fused-ring (bicyclic) bond motifs is 1. The fourth-order valence-electron chi connectivity index (χ4n) is 3.25. The number of ether oxygens (including phenoxy) is 1. The molecular formula is C21H28IN5O2. The molecule has 0 bridgehead atoms. The Morgan fingerprint density at radius 1 is 1.21 bits per heavy atom. The van der Waals surface area contributed by atoms with E-state index >= 15 is 0 Å². The van der Waals surface area contributed by atoms with Crippen LogP contribution >= 0.6 is 24.0 Å². The summed E-state index contributed by atoms with van der Waals surface area (Å²) in [6, 6.07) is 11.6. The van der Waals surface area contributed by atoms with E-state index in [0.717, 1.165) is 17.7 Å². The molecule has 1 unspecified atom stereocenters. The Kier molecular flexibility index (Phi) is 8.24. The smallest absolute Gasteiger partial charge is 0.252 e. The number of benzene rings is 1. The summed E-state index contributed by atoms with van der Waals surface area (Å²) in [4.78, 5) is 20.3. The number of hydrogen-bond acceptors (Lipinski definition) is 4. The molecule has 0 saturated heterocycles. The Morgan fingerprint density at radius 3 is 2.69 bits per heavy atom. The quantitative estimate of drug-likeness (QED) is 0.250. The molecule has 1 aliphatic rings. The van der Waals surface area contributed by atoms with E-state index < -0.39 is 0 Å². The highest BCUT2D eigenvalue weighted by Crippen LogP contribution is 2.39. The number of guanidine groups is 1. The van der Waals surface area contributed by atoms with Crippen LogP contribution in [0.1, 0.15) is 42.2 Å². The monoisotopic (exact) mass is 509 g/mol. The van der Waals surface area contributed by atoms with Crippen molar-refractivity contribution >= 4 is 35.8 Å². The SMILES string of the molecule is CN=C(NCCNC(=O)c1cccnc1)NC1CC(C)(C)Oc2ccccc21.I. The van der Waals surface area contributed by atoms with Crippen molar-refractivity contribution in [3.63, 3.8) is 0 Å². The lowest BCUT2D eigenvalue weighted by Crippen LogP contribution is -2.46. The van der Waals surface area contributed by atoms with Crippen LogP contribution in [0.5, 0.6) is 5.75 Å². The van der Waals surface area contributed by atoms with E-state index in [1.807, 2.05) is 18.2 Å². The normalized spacial score (nSPS) is 17.2. The van der Waals surface area contributed by atoms with Crippen molar-refractivity contribution in [1.82, 2.24) is 20.9 Å². The number of carbonyl (C=O) groups excluding carboxylic acids is 1. The number of rotatable bonds is 5. The van der Waals surface area contributed by atoms with Gasteiger partial charge in [0.25, 0.3) is 5.91 Å². The van der Waals surface area contributed by atoms with Gasteiger partial charge in [-0.3, -0.25) is 14.8 Å². The van der Waals surface area contributed by atoms with E-state index in [1.165, 1.54) is 0 Å². The second-order valence-electron chi connectivity index (χ2n) is 7.30. The number of para-hydroxylation sites is 1. The fraction of sp³-hybridized carbons (Fsp3) is 0.381. The highest BCUT2D eigenvalue weighted by molar-refractivity contribution is 14.0. The number of aliphatic imine (C=N–C) groups is 1. The van der Waals surface area contributed by atoms with Gasteiger partial charge in [0.15, 0.2) is 5.96 Å². The zero-order valence-corrected chi connectivity index (χ0v) is 19.3. The highest BCUT2D eigenvalue weighted by atomic mass is 127. The van der Waals surface area contributed by atoms with Crippen molar-refractivity contribution in [3.05, 3.63) is 59.9 Å². The van der Waals surface area contributed by atoms with Gasteiger partial charge in [-0.2, -0.15) is 0 Å². The summed E-state index contributed by atoms with van der Waals surface area (Å²) < 4.78 is 6.08. The highest BCUT2D eigenvalue weighted by Gasteiger charge is 2.33. The van der Waals surface area contributed by atoms with E-state index in [0.29, 0.717) is 24.6 Å². The molecule has 1 atom stereocenters. The van der Waals surface area contributed by atoms with E-state index in [2.05, 4.69) is 45.8 Å². The second-order valence-corrected chi connectivity index (χ2v) is 7.30. The van der Waals surface area contributed by atoms with Crippen molar-refractivity contribution < 1.29 is 9.53 Å². The van der Waals surface area contributed by atoms with E-state index in [-0.39, 0.29) is 41.5 Å². The van der Waals surface area contributed by atoms with E-state index in [1.54, 1.807) is 31.6 Å². The van der Waals surface area contributed by atoms with Gasteiger partial charge in [-0.15, -0.1) is 24.0 Å². The first-order valence-electron chi connectivity index (χ1n) is 9.42. The number of amides is 1. The third-order valence-corrected chi connectivity index (χ3v) is 4.54. The molecule has 1 aromatic carbocycles. The Morgan fingerprint density at radius 2 is 1.97 bits per heavy atom. The summed E-state index contributed by atoms with van der Waals surface area (Å²) >= 11 is 0. The van der Waals surface area contributed by atoms with Gasteiger partial charge in [0.1, 0.15) is 11.4 Å². The van der Waals surface area contributed by atoms with Crippen LogP contribution in [0.3, 0.4) is 0 Å². The Hall–Kier alpha value is -2.36. The third kappa shape index (κ3) is 6.31. The minimum absolute atomic E-state index is 0. The molecule has 1 aromatic heterocycles. The molecule has 8 heteroatoms. The first-order valence-corrected chi connectivity index (χ1v) is 9.42. The zero-order valence-electron chi connectivity index (χ0n) is 16.9. The lowest BCUT2D eigenvalue weighted by atomic mass is 9.90. The van der Waals surface area contributed by atoms with Crippen molar-refractivity contribution in [2.75, 3.05) is 20.1 Å². The Bertz CT molecular complexity index is 842. The van der Waals surface area contributed by atoms with Gasteiger partial charge in [-0.1, -0.05) is 18.2 Å². The van der Waals surface area contributed by atoms with E-state index in [9.17, 15) is 4.79 Å². The molecule has 1 amide bonds. The van der Waals surface area contributed by atoms with Gasteiger partial charge in [-0.05, 0) is 32.0 Å². The molecule has 2 heterocycles. The second kappa shape index (κ2) is 10.4. The number of nitrogens with one attached hydrogen (secondary N) is 3. The third-order valence-electron chi connectivity index (χ3n) is 4.54. The zero-order chi connectivity index (χ0) is 20.0. The molecule has 7 nitrogen and oxygen atoms in total. The molecule has 1 aliphatic heterocycles. The molecule has 0 spiro atoms. The number of aromatic nitrogens is 1. The number of carbonyl (C=O) groups is 1. The molecule has 29 heavy (non-hydrogen) atoms.